The van der Waals surface area contributed by atoms with E-state index in [1.165, 1.54) is 308 Å². The maximum absolute atomic E-state index is 12.6. The average Bonchev–Trinajstić information content (AvgIpc) is 3.34. The number of carbonyl (C=O) groups excluding carboxylic acids is 1. The summed E-state index contributed by atoms with van der Waals surface area (Å²) in [7, 11) is 0. The zero-order valence-corrected chi connectivity index (χ0v) is 46.5. The van der Waals surface area contributed by atoms with E-state index < -0.39 is 24.2 Å². The third-order valence-electron chi connectivity index (χ3n) is 15.1. The van der Waals surface area contributed by atoms with Crippen LogP contribution in [0.4, 0.5) is 0 Å². The van der Waals surface area contributed by atoms with Gasteiger partial charge in [0.2, 0.25) is 5.91 Å². The smallest absolute Gasteiger partial charge is 0.249 e. The van der Waals surface area contributed by atoms with Crippen LogP contribution in [0.3, 0.4) is 0 Å². The maximum Gasteiger partial charge on any atom is 0.249 e. The molecule has 0 saturated carbocycles. The van der Waals surface area contributed by atoms with Gasteiger partial charge in [-0.15, -0.1) is 0 Å². The predicted molar refractivity (Wildman–Crippen MR) is 301 cm³/mol. The molecule has 0 aliphatic heterocycles. The zero-order chi connectivity index (χ0) is 49.3. The number of carbonyl (C=O) groups is 1. The molecule has 4 N–H and O–H groups in total. The van der Waals surface area contributed by atoms with Crippen molar-refractivity contribution >= 4 is 5.91 Å². The van der Waals surface area contributed by atoms with Gasteiger partial charge in [0.15, 0.2) is 0 Å². The molecule has 406 valence electrons. The largest absolute Gasteiger partial charge is 0.394 e. The highest BCUT2D eigenvalue weighted by molar-refractivity contribution is 5.80. The Labute approximate surface area is 427 Å². The molecule has 68 heavy (non-hydrogen) atoms. The quantitative estimate of drug-likeness (QED) is 0.0361. The van der Waals surface area contributed by atoms with Gasteiger partial charge < -0.3 is 20.6 Å². The topological polar surface area (TPSA) is 89.8 Å². The molecule has 3 atom stereocenters. The van der Waals surface area contributed by atoms with E-state index in [2.05, 4.69) is 19.2 Å². The summed E-state index contributed by atoms with van der Waals surface area (Å²) in [4.78, 5) is 12.6. The fraction of sp³-hybridized carbons (Fsp3) is 0.952. The van der Waals surface area contributed by atoms with E-state index in [9.17, 15) is 20.1 Å². The Kier molecular flexibility index (Phi) is 57.9. The summed E-state index contributed by atoms with van der Waals surface area (Å²) in [5, 5.41) is 33.4. The van der Waals surface area contributed by atoms with Crippen LogP contribution in [0.1, 0.15) is 361 Å². The van der Waals surface area contributed by atoms with Crippen molar-refractivity contribution in [2.75, 3.05) is 6.61 Å². The summed E-state index contributed by atoms with van der Waals surface area (Å²) in [5.74, 6) is -0.495. The summed E-state index contributed by atoms with van der Waals surface area (Å²) in [6.45, 7) is 4.23. The first kappa shape index (κ1) is 67.1. The van der Waals surface area contributed by atoms with Crippen LogP contribution in [0.25, 0.3) is 0 Å². The van der Waals surface area contributed by atoms with Crippen LogP contribution in [-0.4, -0.2) is 46.1 Å². The fourth-order valence-electron chi connectivity index (χ4n) is 10.3. The number of allylic oxidation sites excluding steroid dienone is 1. The molecular formula is C63H125NO4. The Bertz CT molecular complexity index is 971. The Morgan fingerprint density at radius 1 is 0.353 bits per heavy atom. The molecule has 0 aromatic carbocycles. The molecule has 0 bridgehead atoms. The van der Waals surface area contributed by atoms with Gasteiger partial charge in [0, 0.05) is 0 Å². The predicted octanol–water partition coefficient (Wildman–Crippen LogP) is 19.8. The van der Waals surface area contributed by atoms with E-state index in [4.69, 9.17) is 0 Å². The van der Waals surface area contributed by atoms with Gasteiger partial charge in [0.25, 0.3) is 0 Å². The highest BCUT2D eigenvalue weighted by Gasteiger charge is 2.22. The van der Waals surface area contributed by atoms with Crippen LogP contribution < -0.4 is 5.32 Å². The summed E-state index contributed by atoms with van der Waals surface area (Å²) in [6.07, 6.45) is 74.7. The number of amides is 1. The molecule has 5 nitrogen and oxygen atoms in total. The van der Waals surface area contributed by atoms with Crippen molar-refractivity contribution in [3.8, 4) is 0 Å². The van der Waals surface area contributed by atoms with Gasteiger partial charge in [-0.25, -0.2) is 0 Å². The zero-order valence-electron chi connectivity index (χ0n) is 46.5. The molecule has 0 rings (SSSR count). The molecule has 5 heteroatoms. The van der Waals surface area contributed by atoms with Crippen molar-refractivity contribution < 1.29 is 20.1 Å². The first-order chi connectivity index (χ1) is 33.6. The van der Waals surface area contributed by atoms with E-state index in [1.807, 2.05) is 6.08 Å². The Hall–Kier alpha value is -0.910. The third kappa shape index (κ3) is 52.9. The number of hydrogen-bond acceptors (Lipinski definition) is 4. The lowest BCUT2D eigenvalue weighted by Gasteiger charge is -2.21. The number of nitrogens with one attached hydrogen (secondary N) is 1. The molecule has 0 aromatic heterocycles. The van der Waals surface area contributed by atoms with Crippen molar-refractivity contribution in [1.29, 1.82) is 0 Å². The minimum atomic E-state index is -1.09. The van der Waals surface area contributed by atoms with Crippen LogP contribution >= 0.6 is 0 Å². The molecule has 0 heterocycles. The molecule has 3 unspecified atom stereocenters. The second-order valence-corrected chi connectivity index (χ2v) is 22.0. The number of aliphatic hydroxyl groups excluding tert-OH is 3. The van der Waals surface area contributed by atoms with Gasteiger partial charge in [-0.3, -0.25) is 4.79 Å². The van der Waals surface area contributed by atoms with Crippen LogP contribution in [0.15, 0.2) is 12.2 Å². The molecule has 0 fully saturated rings. The van der Waals surface area contributed by atoms with E-state index in [-0.39, 0.29) is 6.61 Å². The summed E-state index contributed by atoms with van der Waals surface area (Å²) < 4.78 is 0. The van der Waals surface area contributed by atoms with Crippen LogP contribution in [0, 0.1) is 0 Å². The molecule has 1 amide bonds. The van der Waals surface area contributed by atoms with Gasteiger partial charge in [0.1, 0.15) is 6.10 Å². The molecule has 0 aromatic rings. The lowest BCUT2D eigenvalue weighted by atomic mass is 10.0. The highest BCUT2D eigenvalue weighted by Crippen LogP contribution is 2.19. The molecule has 0 aliphatic carbocycles. The van der Waals surface area contributed by atoms with Crippen molar-refractivity contribution in [1.82, 2.24) is 5.32 Å². The van der Waals surface area contributed by atoms with E-state index in [0.29, 0.717) is 6.42 Å². The number of aliphatic hydroxyl groups is 3. The van der Waals surface area contributed by atoms with Gasteiger partial charge in [-0.05, 0) is 19.3 Å². The van der Waals surface area contributed by atoms with Gasteiger partial charge in [-0.2, -0.15) is 0 Å². The van der Waals surface area contributed by atoms with Crippen molar-refractivity contribution in [2.24, 2.45) is 0 Å². The third-order valence-corrected chi connectivity index (χ3v) is 15.1. The lowest BCUT2D eigenvalue weighted by Crippen LogP contribution is -2.48. The molecule has 0 radical (unpaired) electrons. The molecule has 0 spiro atoms. The van der Waals surface area contributed by atoms with Crippen LogP contribution in [0.5, 0.6) is 0 Å². The minimum Gasteiger partial charge on any atom is -0.394 e. The normalized spacial score (nSPS) is 13.2. The van der Waals surface area contributed by atoms with Crippen molar-refractivity contribution in [3.05, 3.63) is 12.2 Å². The summed E-state index contributed by atoms with van der Waals surface area (Å²) in [6, 6.07) is -0.794. The van der Waals surface area contributed by atoms with Gasteiger partial charge in [-0.1, -0.05) is 353 Å². The monoisotopic (exact) mass is 960 g/mol. The van der Waals surface area contributed by atoms with Crippen LogP contribution in [0.2, 0.25) is 0 Å². The molecule has 0 saturated heterocycles. The number of hydrogen-bond donors (Lipinski definition) is 4. The first-order valence-electron chi connectivity index (χ1n) is 31.5. The van der Waals surface area contributed by atoms with E-state index >= 15 is 0 Å². The Morgan fingerprint density at radius 2 is 0.574 bits per heavy atom. The highest BCUT2D eigenvalue weighted by atomic mass is 16.3. The second-order valence-electron chi connectivity index (χ2n) is 22.0. The van der Waals surface area contributed by atoms with Crippen LogP contribution in [-0.2, 0) is 4.79 Å². The SMILES string of the molecule is CCCCCCCCCCCCCCCCCC/C=C/C(O)C(CO)NC(=O)C(O)CCCCCCCCCCCCCCCCCCCCCCCCCCCCCCCCCCCCCC. The number of unbranched alkanes of at least 4 members (excludes halogenated alkanes) is 51. The minimum absolute atomic E-state index is 0.358. The first-order valence-corrected chi connectivity index (χ1v) is 31.5. The molecular weight excluding hydrogens is 835 g/mol. The van der Waals surface area contributed by atoms with Gasteiger partial charge in [0.05, 0.1) is 18.8 Å². The standard InChI is InChI=1S/C63H125NO4/c1-3-5-7-9-11-13-15-17-19-21-23-24-25-26-27-28-29-30-31-32-33-34-35-36-37-38-39-40-42-44-46-48-50-52-54-56-58-62(67)63(68)64-60(59-65)61(66)57-55-53-51-49-47-45-43-41-22-20-18-16-14-12-10-8-6-4-2/h55,57,60-62,65-67H,3-54,56,58-59H2,1-2H3,(H,64,68)/b57-55+. The average molecular weight is 961 g/mol. The van der Waals surface area contributed by atoms with E-state index in [1.54, 1.807) is 6.08 Å². The lowest BCUT2D eigenvalue weighted by molar-refractivity contribution is -0.131. The fourth-order valence-corrected chi connectivity index (χ4v) is 10.3. The Morgan fingerprint density at radius 3 is 0.809 bits per heavy atom. The Balaban J connectivity index is 3.44. The van der Waals surface area contributed by atoms with E-state index in [0.717, 1.165) is 32.1 Å². The van der Waals surface area contributed by atoms with Gasteiger partial charge >= 0.3 is 0 Å². The summed E-state index contributed by atoms with van der Waals surface area (Å²) in [5.41, 5.74) is 0. The molecule has 0 aliphatic rings. The summed E-state index contributed by atoms with van der Waals surface area (Å²) >= 11 is 0. The maximum atomic E-state index is 12.6. The van der Waals surface area contributed by atoms with Crippen molar-refractivity contribution in [2.45, 2.75) is 379 Å². The second kappa shape index (κ2) is 58.7. The van der Waals surface area contributed by atoms with Crippen molar-refractivity contribution in [3.63, 3.8) is 0 Å². The number of rotatable bonds is 59.